The molecule has 164 valence electrons. The number of carbonyl (C=O) groups is 1. The minimum Gasteiger partial charge on any atom is -0.355 e. The van der Waals surface area contributed by atoms with E-state index in [-0.39, 0.29) is 5.91 Å². The van der Waals surface area contributed by atoms with Crippen LogP contribution in [0.15, 0.2) is 72.9 Å². The zero-order chi connectivity index (χ0) is 21.9. The van der Waals surface area contributed by atoms with E-state index in [1.54, 1.807) is 6.20 Å². The van der Waals surface area contributed by atoms with E-state index in [0.29, 0.717) is 11.6 Å². The molecule has 5 nitrogen and oxygen atoms in total. The Morgan fingerprint density at radius 2 is 1.75 bits per heavy atom. The van der Waals surface area contributed by atoms with Gasteiger partial charge in [-0.25, -0.2) is 4.98 Å². The zero-order valence-corrected chi connectivity index (χ0v) is 18.7. The maximum Gasteiger partial charge on any atom is 0.262 e. The third-order valence-electron chi connectivity index (χ3n) is 6.77. The highest BCUT2D eigenvalue weighted by Crippen LogP contribution is 2.31. The number of amides is 1. The van der Waals surface area contributed by atoms with E-state index in [1.807, 2.05) is 35.2 Å². The number of aromatic nitrogens is 1. The van der Waals surface area contributed by atoms with Crippen molar-refractivity contribution in [3.63, 3.8) is 0 Å². The van der Waals surface area contributed by atoms with Crippen LogP contribution in [-0.4, -0.2) is 48.0 Å². The van der Waals surface area contributed by atoms with Crippen molar-refractivity contribution in [1.82, 2.24) is 9.88 Å². The van der Waals surface area contributed by atoms with E-state index < -0.39 is 0 Å². The van der Waals surface area contributed by atoms with Crippen molar-refractivity contribution in [1.29, 1.82) is 0 Å². The van der Waals surface area contributed by atoms with Crippen molar-refractivity contribution in [2.75, 3.05) is 36.0 Å². The van der Waals surface area contributed by atoms with Crippen LogP contribution in [0.3, 0.4) is 0 Å². The maximum atomic E-state index is 13.6. The maximum absolute atomic E-state index is 13.6. The van der Waals surface area contributed by atoms with Gasteiger partial charge in [0.05, 0.1) is 5.56 Å². The second-order valence-electron chi connectivity index (χ2n) is 8.79. The fraction of sp³-hybridized carbons (Fsp3) is 0.333. The molecule has 0 N–H and O–H groups in total. The van der Waals surface area contributed by atoms with Gasteiger partial charge in [-0.15, -0.1) is 0 Å². The average molecular weight is 427 g/mol. The molecule has 5 heteroatoms. The Morgan fingerprint density at radius 1 is 0.938 bits per heavy atom. The zero-order valence-electron chi connectivity index (χ0n) is 18.7. The first-order chi connectivity index (χ1) is 15.7. The quantitative estimate of drug-likeness (QED) is 0.621. The molecule has 0 radical (unpaired) electrons. The standard InChI is InChI=1S/C27H30N4O/c1-21-13-16-29(18-19-30(21)20-22-8-3-2-4-9-22)26-24(11-7-15-28-26)27(32)31-17-14-23-10-5-6-12-25(23)31/h2-12,15,21H,13-14,16-20H2,1H3. The fourth-order valence-corrected chi connectivity index (χ4v) is 4.88. The van der Waals surface area contributed by atoms with Crippen LogP contribution in [0.2, 0.25) is 0 Å². The summed E-state index contributed by atoms with van der Waals surface area (Å²) in [6.45, 7) is 6.71. The van der Waals surface area contributed by atoms with Gasteiger partial charge in [0.2, 0.25) is 0 Å². The molecule has 3 aromatic rings. The van der Waals surface area contributed by atoms with E-state index in [0.717, 1.165) is 57.1 Å². The normalized spacial score (nSPS) is 19.0. The van der Waals surface area contributed by atoms with Crippen molar-refractivity contribution in [3.05, 3.63) is 89.6 Å². The highest BCUT2D eigenvalue weighted by Gasteiger charge is 2.29. The summed E-state index contributed by atoms with van der Waals surface area (Å²) in [6, 6.07) is 23.2. The van der Waals surface area contributed by atoms with Crippen LogP contribution >= 0.6 is 0 Å². The van der Waals surface area contributed by atoms with Crippen LogP contribution in [0.4, 0.5) is 11.5 Å². The van der Waals surface area contributed by atoms with E-state index >= 15 is 0 Å². The van der Waals surface area contributed by atoms with Gasteiger partial charge in [-0.2, -0.15) is 0 Å². The average Bonchev–Trinajstić information content (AvgIpc) is 3.19. The minimum absolute atomic E-state index is 0.0523. The molecule has 0 aliphatic carbocycles. The molecule has 32 heavy (non-hydrogen) atoms. The van der Waals surface area contributed by atoms with Gasteiger partial charge in [0.1, 0.15) is 5.82 Å². The van der Waals surface area contributed by atoms with Gasteiger partial charge in [0.15, 0.2) is 0 Å². The molecule has 0 bridgehead atoms. The lowest BCUT2D eigenvalue weighted by atomic mass is 10.1. The first-order valence-corrected chi connectivity index (χ1v) is 11.6. The number of nitrogens with zero attached hydrogens (tertiary/aromatic N) is 4. The molecule has 1 fully saturated rings. The number of para-hydroxylation sites is 1. The predicted octanol–water partition coefficient (Wildman–Crippen LogP) is 4.39. The number of fused-ring (bicyclic) bond motifs is 1. The Bertz CT molecular complexity index is 1080. The van der Waals surface area contributed by atoms with Gasteiger partial charge in [0.25, 0.3) is 5.91 Å². The summed E-state index contributed by atoms with van der Waals surface area (Å²) in [5.41, 5.74) is 4.32. The molecular formula is C27H30N4O. The highest BCUT2D eigenvalue weighted by atomic mass is 16.2. The van der Waals surface area contributed by atoms with Crippen molar-refractivity contribution in [2.24, 2.45) is 0 Å². The molecular weight excluding hydrogens is 396 g/mol. The summed E-state index contributed by atoms with van der Waals surface area (Å²) < 4.78 is 0. The number of pyridine rings is 1. The molecule has 1 amide bonds. The molecule has 1 unspecified atom stereocenters. The van der Waals surface area contributed by atoms with E-state index in [4.69, 9.17) is 0 Å². The number of carbonyl (C=O) groups excluding carboxylic acids is 1. The molecule has 5 rings (SSSR count). The smallest absolute Gasteiger partial charge is 0.262 e. The lowest BCUT2D eigenvalue weighted by Crippen LogP contribution is -2.35. The Morgan fingerprint density at radius 3 is 2.62 bits per heavy atom. The largest absolute Gasteiger partial charge is 0.355 e. The summed E-state index contributed by atoms with van der Waals surface area (Å²) >= 11 is 0. The monoisotopic (exact) mass is 426 g/mol. The molecule has 1 atom stereocenters. The van der Waals surface area contributed by atoms with Crippen molar-refractivity contribution in [2.45, 2.75) is 32.4 Å². The van der Waals surface area contributed by atoms with E-state index in [1.165, 1.54) is 11.1 Å². The molecule has 2 aliphatic rings. The number of anilines is 2. The number of hydrogen-bond acceptors (Lipinski definition) is 4. The van der Waals surface area contributed by atoms with Gasteiger partial charge >= 0.3 is 0 Å². The Hall–Kier alpha value is -3.18. The second kappa shape index (κ2) is 9.13. The summed E-state index contributed by atoms with van der Waals surface area (Å²) in [6.07, 6.45) is 3.76. The SMILES string of the molecule is CC1CCN(c2ncccc2C(=O)N2CCc3ccccc32)CCN1Cc1ccccc1. The first kappa shape index (κ1) is 20.7. The van der Waals surface area contributed by atoms with Gasteiger partial charge < -0.3 is 9.80 Å². The van der Waals surface area contributed by atoms with Gasteiger partial charge in [-0.3, -0.25) is 9.69 Å². The number of hydrogen-bond donors (Lipinski definition) is 0. The van der Waals surface area contributed by atoms with Gasteiger partial charge in [-0.05, 0) is 49.1 Å². The highest BCUT2D eigenvalue weighted by molar-refractivity contribution is 6.10. The van der Waals surface area contributed by atoms with E-state index in [9.17, 15) is 4.79 Å². The lowest BCUT2D eigenvalue weighted by molar-refractivity contribution is 0.0989. The topological polar surface area (TPSA) is 39.7 Å². The molecule has 3 heterocycles. The number of rotatable bonds is 4. The molecule has 1 aromatic heterocycles. The Labute approximate surface area is 190 Å². The van der Waals surface area contributed by atoms with Crippen molar-refractivity contribution >= 4 is 17.4 Å². The Kier molecular flexibility index (Phi) is 5.91. The summed E-state index contributed by atoms with van der Waals surface area (Å²) in [5.74, 6) is 0.868. The first-order valence-electron chi connectivity index (χ1n) is 11.6. The molecule has 2 aliphatic heterocycles. The van der Waals surface area contributed by atoms with Crippen LogP contribution in [0, 0.1) is 0 Å². The van der Waals surface area contributed by atoms with Crippen molar-refractivity contribution in [3.8, 4) is 0 Å². The minimum atomic E-state index is 0.0523. The molecule has 0 saturated carbocycles. The van der Waals surface area contributed by atoms with E-state index in [2.05, 4.69) is 58.1 Å². The van der Waals surface area contributed by atoms with Crippen LogP contribution in [0.5, 0.6) is 0 Å². The predicted molar refractivity (Wildman–Crippen MR) is 129 cm³/mol. The molecule has 0 spiro atoms. The summed E-state index contributed by atoms with van der Waals surface area (Å²) in [5, 5.41) is 0. The lowest BCUT2D eigenvalue weighted by Gasteiger charge is -2.27. The second-order valence-corrected chi connectivity index (χ2v) is 8.79. The molecule has 1 saturated heterocycles. The Balaban J connectivity index is 1.35. The molecule has 2 aromatic carbocycles. The van der Waals surface area contributed by atoms with Crippen LogP contribution in [-0.2, 0) is 13.0 Å². The van der Waals surface area contributed by atoms with Gasteiger partial charge in [0, 0.05) is 50.6 Å². The fourth-order valence-electron chi connectivity index (χ4n) is 4.88. The third-order valence-corrected chi connectivity index (χ3v) is 6.77. The summed E-state index contributed by atoms with van der Waals surface area (Å²) in [4.78, 5) is 25.0. The third kappa shape index (κ3) is 4.13. The van der Waals surface area contributed by atoms with Gasteiger partial charge in [-0.1, -0.05) is 48.5 Å². The summed E-state index contributed by atoms with van der Waals surface area (Å²) in [7, 11) is 0. The van der Waals surface area contributed by atoms with Crippen LogP contribution < -0.4 is 9.80 Å². The number of benzene rings is 2. The van der Waals surface area contributed by atoms with Crippen LogP contribution in [0.25, 0.3) is 0 Å². The van der Waals surface area contributed by atoms with Crippen LogP contribution in [0.1, 0.15) is 34.8 Å². The van der Waals surface area contributed by atoms with Crippen molar-refractivity contribution < 1.29 is 4.79 Å².